The number of carbonyl (C=O) groups excluding carboxylic acids is 2. The number of carbonyl (C=O) groups is 2. The first-order chi connectivity index (χ1) is 10.5. The average molecular weight is 304 g/mol. The van der Waals surface area contributed by atoms with Gasteiger partial charge in [0.05, 0.1) is 12.8 Å². The number of aryl methyl sites for hydroxylation is 1. The first-order valence-corrected chi connectivity index (χ1v) is 6.99. The molecule has 22 heavy (non-hydrogen) atoms. The zero-order valence-corrected chi connectivity index (χ0v) is 13.2. The van der Waals surface area contributed by atoms with Gasteiger partial charge in [0.1, 0.15) is 12.4 Å². The molecule has 7 heteroatoms. The number of hydrogen-bond acceptors (Lipinski definition) is 4. The van der Waals surface area contributed by atoms with E-state index in [-0.39, 0.29) is 12.5 Å². The summed E-state index contributed by atoms with van der Waals surface area (Å²) in [6.07, 6.45) is 3.10. The summed E-state index contributed by atoms with van der Waals surface area (Å²) in [7, 11) is 4.88. The number of pyridine rings is 1. The van der Waals surface area contributed by atoms with Gasteiger partial charge in [-0.05, 0) is 18.6 Å². The highest BCUT2D eigenvalue weighted by Crippen LogP contribution is 2.27. The third kappa shape index (κ3) is 2.74. The topological polar surface area (TPSA) is 67.2 Å². The predicted molar refractivity (Wildman–Crippen MR) is 83.2 cm³/mol. The monoisotopic (exact) mass is 304 g/mol. The van der Waals surface area contributed by atoms with Crippen LogP contribution < -0.4 is 9.64 Å². The molecule has 0 aliphatic rings. The Balaban J connectivity index is 2.56. The lowest BCUT2D eigenvalue weighted by Crippen LogP contribution is -2.36. The Morgan fingerprint density at radius 3 is 2.73 bits per heavy atom. The van der Waals surface area contributed by atoms with Crippen molar-refractivity contribution in [1.29, 1.82) is 0 Å². The van der Waals surface area contributed by atoms with Crippen molar-refractivity contribution < 1.29 is 14.3 Å². The maximum absolute atomic E-state index is 11.9. The minimum atomic E-state index is -0.160. The lowest BCUT2D eigenvalue weighted by molar-refractivity contribution is -0.128. The smallest absolute Gasteiger partial charge is 0.242 e. The molecular formula is C15H20N4O3. The first kappa shape index (κ1) is 15.8. The fraction of sp³-hybridized carbons (Fsp3) is 0.400. The Morgan fingerprint density at radius 1 is 1.45 bits per heavy atom. The van der Waals surface area contributed by atoms with Crippen LogP contribution in [-0.2, 0) is 16.0 Å². The number of likely N-dealkylation sites (N-methyl/N-ethyl adjacent to an activating group) is 1. The van der Waals surface area contributed by atoms with Gasteiger partial charge in [-0.15, -0.1) is 0 Å². The molecule has 0 unspecified atom stereocenters. The van der Waals surface area contributed by atoms with Crippen molar-refractivity contribution in [3.8, 4) is 5.75 Å². The minimum Gasteiger partial charge on any atom is -0.493 e. The van der Waals surface area contributed by atoms with Gasteiger partial charge in [0.2, 0.25) is 12.3 Å². The Bertz CT molecular complexity index is 693. The zero-order valence-electron chi connectivity index (χ0n) is 13.2. The Hall–Kier alpha value is -2.57. The van der Waals surface area contributed by atoms with Gasteiger partial charge < -0.3 is 9.64 Å². The second-order valence-corrected chi connectivity index (χ2v) is 5.03. The van der Waals surface area contributed by atoms with Crippen molar-refractivity contribution in [1.82, 2.24) is 14.3 Å². The standard InChI is InChI=1S/C15H20N4O3/c1-5-11-15(18(10-20)9-13(21)17(2)3)19-8-6-7-12(22-4)14(19)16-11/h6-8,10H,5,9H2,1-4H3. The summed E-state index contributed by atoms with van der Waals surface area (Å²) < 4.78 is 7.08. The number of imidazole rings is 1. The van der Waals surface area contributed by atoms with Gasteiger partial charge in [0.25, 0.3) is 0 Å². The summed E-state index contributed by atoms with van der Waals surface area (Å²) in [5.41, 5.74) is 1.36. The maximum atomic E-state index is 11.9. The molecule has 7 nitrogen and oxygen atoms in total. The number of fused-ring (bicyclic) bond motifs is 1. The van der Waals surface area contributed by atoms with Gasteiger partial charge >= 0.3 is 0 Å². The molecule has 0 aromatic carbocycles. The van der Waals surface area contributed by atoms with Crippen LogP contribution in [0, 0.1) is 0 Å². The normalized spacial score (nSPS) is 10.5. The van der Waals surface area contributed by atoms with Crippen LogP contribution in [0.3, 0.4) is 0 Å². The Kier molecular flexibility index (Phi) is 4.65. The van der Waals surface area contributed by atoms with Crippen LogP contribution in [0.5, 0.6) is 5.75 Å². The Labute approximate surface area is 129 Å². The van der Waals surface area contributed by atoms with E-state index in [0.29, 0.717) is 30.0 Å². The molecule has 0 fully saturated rings. The van der Waals surface area contributed by atoms with Gasteiger partial charge in [-0.2, -0.15) is 0 Å². The van der Waals surface area contributed by atoms with Crippen LogP contribution in [0.15, 0.2) is 18.3 Å². The van der Waals surface area contributed by atoms with Crippen molar-refractivity contribution in [2.45, 2.75) is 13.3 Å². The maximum Gasteiger partial charge on any atom is 0.242 e. The highest BCUT2D eigenvalue weighted by Gasteiger charge is 2.21. The van der Waals surface area contributed by atoms with Crippen molar-refractivity contribution >= 4 is 23.8 Å². The molecule has 2 heterocycles. The van der Waals surface area contributed by atoms with E-state index >= 15 is 0 Å². The van der Waals surface area contributed by atoms with Crippen molar-refractivity contribution in [2.24, 2.45) is 0 Å². The summed E-state index contributed by atoms with van der Waals surface area (Å²) in [5.74, 6) is 1.06. The summed E-state index contributed by atoms with van der Waals surface area (Å²) in [6, 6.07) is 3.62. The van der Waals surface area contributed by atoms with Crippen molar-refractivity contribution in [2.75, 3.05) is 32.6 Å². The van der Waals surface area contributed by atoms with E-state index in [0.717, 1.165) is 5.69 Å². The van der Waals surface area contributed by atoms with Crippen LogP contribution >= 0.6 is 0 Å². The predicted octanol–water partition coefficient (Wildman–Crippen LogP) is 0.956. The van der Waals surface area contributed by atoms with Gasteiger partial charge in [-0.3, -0.25) is 18.9 Å². The van der Waals surface area contributed by atoms with Crippen LogP contribution in [-0.4, -0.2) is 54.4 Å². The summed E-state index contributed by atoms with van der Waals surface area (Å²) in [4.78, 5) is 30.8. The van der Waals surface area contributed by atoms with E-state index in [4.69, 9.17) is 4.74 Å². The molecule has 0 saturated heterocycles. The van der Waals surface area contributed by atoms with Crippen LogP contribution in [0.25, 0.3) is 5.65 Å². The summed E-state index contributed by atoms with van der Waals surface area (Å²) in [5, 5.41) is 0. The van der Waals surface area contributed by atoms with E-state index in [2.05, 4.69) is 4.98 Å². The molecule has 2 rings (SSSR count). The fourth-order valence-electron chi connectivity index (χ4n) is 2.23. The van der Waals surface area contributed by atoms with E-state index in [1.807, 2.05) is 19.1 Å². The SMILES string of the molecule is CCc1nc2c(OC)cccn2c1N(C=O)CC(=O)N(C)C. The highest BCUT2D eigenvalue weighted by atomic mass is 16.5. The minimum absolute atomic E-state index is 0.0332. The third-order valence-corrected chi connectivity index (χ3v) is 3.42. The van der Waals surface area contributed by atoms with Crippen LogP contribution in [0.4, 0.5) is 5.82 Å². The number of anilines is 1. The van der Waals surface area contributed by atoms with Gasteiger partial charge in [-0.1, -0.05) is 6.92 Å². The number of nitrogens with zero attached hydrogens (tertiary/aromatic N) is 4. The highest BCUT2D eigenvalue weighted by molar-refractivity contribution is 5.89. The summed E-state index contributed by atoms with van der Waals surface area (Å²) in [6.45, 7) is 1.92. The number of amides is 2. The van der Waals surface area contributed by atoms with Crippen molar-refractivity contribution in [3.05, 3.63) is 24.0 Å². The van der Waals surface area contributed by atoms with Gasteiger partial charge in [0, 0.05) is 20.3 Å². The molecular weight excluding hydrogens is 284 g/mol. The third-order valence-electron chi connectivity index (χ3n) is 3.42. The largest absolute Gasteiger partial charge is 0.493 e. The number of methoxy groups -OCH3 is 1. The Morgan fingerprint density at radius 2 is 2.18 bits per heavy atom. The molecule has 2 aromatic rings. The molecule has 2 amide bonds. The molecule has 0 saturated carbocycles. The molecule has 2 aromatic heterocycles. The molecule has 0 radical (unpaired) electrons. The average Bonchev–Trinajstić information content (AvgIpc) is 2.90. The lowest BCUT2D eigenvalue weighted by Gasteiger charge is -2.20. The molecule has 0 bridgehead atoms. The number of ether oxygens (including phenoxy) is 1. The molecule has 0 N–H and O–H groups in total. The molecule has 0 aliphatic heterocycles. The second-order valence-electron chi connectivity index (χ2n) is 5.03. The van der Waals surface area contributed by atoms with E-state index in [1.165, 1.54) is 9.80 Å². The number of aromatic nitrogens is 2. The molecule has 118 valence electrons. The van der Waals surface area contributed by atoms with Crippen LogP contribution in [0.2, 0.25) is 0 Å². The van der Waals surface area contributed by atoms with Gasteiger partial charge in [-0.25, -0.2) is 4.98 Å². The fourth-order valence-corrected chi connectivity index (χ4v) is 2.23. The number of hydrogen-bond donors (Lipinski definition) is 0. The summed E-state index contributed by atoms with van der Waals surface area (Å²) >= 11 is 0. The lowest BCUT2D eigenvalue weighted by atomic mass is 10.3. The molecule has 0 spiro atoms. The van der Waals surface area contributed by atoms with Crippen LogP contribution in [0.1, 0.15) is 12.6 Å². The van der Waals surface area contributed by atoms with Gasteiger partial charge in [0.15, 0.2) is 11.4 Å². The second kappa shape index (κ2) is 6.46. The first-order valence-electron chi connectivity index (χ1n) is 6.99. The van der Waals surface area contributed by atoms with E-state index in [9.17, 15) is 9.59 Å². The molecule has 0 aliphatic carbocycles. The molecule has 0 atom stereocenters. The number of rotatable bonds is 6. The van der Waals surface area contributed by atoms with Crippen molar-refractivity contribution in [3.63, 3.8) is 0 Å². The zero-order chi connectivity index (χ0) is 16.3. The van der Waals surface area contributed by atoms with E-state index in [1.54, 1.807) is 31.8 Å². The van der Waals surface area contributed by atoms with E-state index < -0.39 is 0 Å². The quantitative estimate of drug-likeness (QED) is 0.745.